The standard InChI is InChI=1S/C31H36N6O9/c1-20-9-11-25(46-20)24-8-5-13-36(24)26(38)19-45-27-18-23(33-37(27)21-6-3-2-4-7-21)29(41)32-22(10-12-28(39)40)30(42)34-14-16-35(17-15-34)31(43)44/h2-4,6-7,9,11,18,22,24H,5,8,10,12-17,19H2,1H3,(H,32,41)(H,39,40)(H,43,44)/t22?,24-/m0/s1. The van der Waals surface area contributed by atoms with Crippen LogP contribution in [0.15, 0.2) is 52.9 Å². The molecule has 46 heavy (non-hydrogen) atoms. The lowest BCUT2D eigenvalue weighted by Crippen LogP contribution is -2.55. The van der Waals surface area contributed by atoms with Gasteiger partial charge in [-0.3, -0.25) is 19.2 Å². The third-order valence-electron chi connectivity index (χ3n) is 8.03. The number of nitrogens with zero attached hydrogens (tertiary/aromatic N) is 5. The van der Waals surface area contributed by atoms with Gasteiger partial charge in [0.2, 0.25) is 11.8 Å². The first kappa shape index (κ1) is 32.1. The van der Waals surface area contributed by atoms with Gasteiger partial charge in [-0.05, 0) is 50.5 Å². The fraction of sp³-hybridized carbons (Fsp3) is 0.419. The summed E-state index contributed by atoms with van der Waals surface area (Å²) in [5.41, 5.74) is 0.448. The molecule has 0 aliphatic carbocycles. The normalized spacial score (nSPS) is 17.1. The zero-order chi connectivity index (χ0) is 32.8. The zero-order valence-electron chi connectivity index (χ0n) is 25.3. The lowest BCUT2D eigenvalue weighted by Gasteiger charge is -2.35. The van der Waals surface area contributed by atoms with Crippen molar-refractivity contribution in [1.82, 2.24) is 29.8 Å². The summed E-state index contributed by atoms with van der Waals surface area (Å²) in [6, 6.07) is 12.5. The van der Waals surface area contributed by atoms with Crippen LogP contribution in [0.5, 0.6) is 5.88 Å². The van der Waals surface area contributed by atoms with Crippen LogP contribution in [0.2, 0.25) is 0 Å². The van der Waals surface area contributed by atoms with Gasteiger partial charge in [0, 0.05) is 45.2 Å². The van der Waals surface area contributed by atoms with E-state index in [9.17, 15) is 34.2 Å². The van der Waals surface area contributed by atoms with Crippen molar-refractivity contribution in [2.75, 3.05) is 39.3 Å². The molecule has 5 rings (SSSR count). The van der Waals surface area contributed by atoms with Crippen LogP contribution in [0.25, 0.3) is 5.69 Å². The third-order valence-corrected chi connectivity index (χ3v) is 8.03. The molecule has 15 heteroatoms. The monoisotopic (exact) mass is 636 g/mol. The van der Waals surface area contributed by atoms with E-state index in [1.165, 1.54) is 20.5 Å². The first-order valence-electron chi connectivity index (χ1n) is 15.0. The lowest BCUT2D eigenvalue weighted by atomic mass is 10.1. The summed E-state index contributed by atoms with van der Waals surface area (Å²) in [7, 11) is 0. The number of aryl methyl sites for hydroxylation is 1. The number of hydrogen-bond acceptors (Lipinski definition) is 8. The summed E-state index contributed by atoms with van der Waals surface area (Å²) >= 11 is 0. The molecule has 1 unspecified atom stereocenters. The Morgan fingerprint density at radius 3 is 2.37 bits per heavy atom. The Bertz CT molecular complexity index is 1580. The number of aliphatic carboxylic acids is 1. The summed E-state index contributed by atoms with van der Waals surface area (Å²) < 4.78 is 13.1. The van der Waals surface area contributed by atoms with Crippen molar-refractivity contribution in [1.29, 1.82) is 0 Å². The number of carbonyl (C=O) groups excluding carboxylic acids is 3. The fourth-order valence-electron chi connectivity index (χ4n) is 5.64. The molecule has 1 aromatic carbocycles. The molecular weight excluding hydrogens is 600 g/mol. The van der Waals surface area contributed by atoms with E-state index in [4.69, 9.17) is 9.15 Å². The summed E-state index contributed by atoms with van der Waals surface area (Å²) in [5, 5.41) is 25.5. The average Bonchev–Trinajstić information content (AvgIpc) is 3.82. The predicted molar refractivity (Wildman–Crippen MR) is 160 cm³/mol. The van der Waals surface area contributed by atoms with Crippen LogP contribution in [-0.4, -0.2) is 110 Å². The summed E-state index contributed by atoms with van der Waals surface area (Å²) in [5.74, 6) is -1.07. The summed E-state index contributed by atoms with van der Waals surface area (Å²) in [6.45, 7) is 2.49. The minimum Gasteiger partial charge on any atom is -0.481 e. The predicted octanol–water partition coefficient (Wildman–Crippen LogP) is 2.30. The van der Waals surface area contributed by atoms with E-state index in [0.717, 1.165) is 18.6 Å². The largest absolute Gasteiger partial charge is 0.481 e. The molecule has 4 amide bonds. The van der Waals surface area contributed by atoms with Gasteiger partial charge in [0.25, 0.3) is 11.8 Å². The first-order chi connectivity index (χ1) is 22.1. The molecule has 2 aliphatic heterocycles. The Hall–Kier alpha value is -5.34. The Morgan fingerprint density at radius 2 is 1.72 bits per heavy atom. The van der Waals surface area contributed by atoms with Crippen LogP contribution >= 0.6 is 0 Å². The van der Waals surface area contributed by atoms with E-state index >= 15 is 0 Å². The number of benzene rings is 1. The van der Waals surface area contributed by atoms with Crippen LogP contribution in [0.3, 0.4) is 0 Å². The maximum atomic E-state index is 13.4. The van der Waals surface area contributed by atoms with E-state index in [-0.39, 0.29) is 69.2 Å². The third kappa shape index (κ3) is 7.47. The highest BCUT2D eigenvalue weighted by Crippen LogP contribution is 2.33. The average molecular weight is 637 g/mol. The van der Waals surface area contributed by atoms with E-state index in [1.807, 2.05) is 25.1 Å². The Morgan fingerprint density at radius 1 is 1.00 bits per heavy atom. The van der Waals surface area contributed by atoms with E-state index in [1.54, 1.807) is 29.2 Å². The fourth-order valence-corrected chi connectivity index (χ4v) is 5.64. The smallest absolute Gasteiger partial charge is 0.407 e. The highest BCUT2D eigenvalue weighted by atomic mass is 16.5. The molecule has 0 bridgehead atoms. The number of amides is 4. The summed E-state index contributed by atoms with van der Waals surface area (Å²) in [4.78, 5) is 66.9. The number of carbonyl (C=O) groups is 5. The van der Waals surface area contributed by atoms with Crippen molar-refractivity contribution < 1.29 is 43.3 Å². The number of hydrogen-bond donors (Lipinski definition) is 3. The van der Waals surface area contributed by atoms with E-state index < -0.39 is 29.9 Å². The van der Waals surface area contributed by atoms with Gasteiger partial charge >= 0.3 is 12.1 Å². The molecular formula is C31H36N6O9. The van der Waals surface area contributed by atoms with Crippen molar-refractivity contribution in [3.8, 4) is 11.6 Å². The van der Waals surface area contributed by atoms with Crippen molar-refractivity contribution >= 4 is 29.8 Å². The maximum absolute atomic E-state index is 13.4. The van der Waals surface area contributed by atoms with Crippen LogP contribution in [0.4, 0.5) is 4.79 Å². The van der Waals surface area contributed by atoms with E-state index in [2.05, 4.69) is 10.4 Å². The number of ether oxygens (including phenoxy) is 1. The molecule has 0 spiro atoms. The van der Waals surface area contributed by atoms with Gasteiger partial charge in [-0.15, -0.1) is 0 Å². The number of rotatable bonds is 11. The van der Waals surface area contributed by atoms with Crippen molar-refractivity contribution in [2.24, 2.45) is 0 Å². The van der Waals surface area contributed by atoms with Crippen molar-refractivity contribution in [3.63, 3.8) is 0 Å². The molecule has 4 heterocycles. The number of carboxylic acids is 1. The quantitative estimate of drug-likeness (QED) is 0.282. The number of nitrogens with one attached hydrogen (secondary N) is 1. The number of aromatic nitrogens is 2. The van der Waals surface area contributed by atoms with E-state index in [0.29, 0.717) is 18.0 Å². The SMILES string of the molecule is Cc1ccc([C@@H]2CCCN2C(=O)COc2cc(C(=O)NC(CCC(=O)O)C(=O)N3CCN(C(=O)O)CC3)nn2-c2ccccc2)o1. The van der Waals surface area contributed by atoms with Crippen LogP contribution < -0.4 is 10.1 Å². The second-order valence-corrected chi connectivity index (χ2v) is 11.2. The molecule has 3 aromatic rings. The molecule has 2 aromatic heterocycles. The van der Waals surface area contributed by atoms with Crippen LogP contribution in [0, 0.1) is 6.92 Å². The van der Waals surface area contributed by atoms with Gasteiger partial charge in [0.1, 0.15) is 17.6 Å². The van der Waals surface area contributed by atoms with Gasteiger partial charge in [0.05, 0.1) is 11.7 Å². The lowest BCUT2D eigenvalue weighted by molar-refractivity contribution is -0.138. The zero-order valence-corrected chi connectivity index (χ0v) is 25.3. The van der Waals surface area contributed by atoms with Gasteiger partial charge in [-0.25, -0.2) is 9.48 Å². The molecule has 3 N–H and O–H groups in total. The molecule has 0 saturated carbocycles. The van der Waals surface area contributed by atoms with Crippen LogP contribution in [0.1, 0.15) is 53.7 Å². The van der Waals surface area contributed by atoms with Gasteiger partial charge < -0.3 is 39.4 Å². The molecule has 2 saturated heterocycles. The van der Waals surface area contributed by atoms with Gasteiger partial charge in [-0.2, -0.15) is 5.10 Å². The maximum Gasteiger partial charge on any atom is 0.407 e. The highest BCUT2D eigenvalue weighted by Gasteiger charge is 2.33. The highest BCUT2D eigenvalue weighted by molar-refractivity contribution is 5.96. The number of furan rings is 1. The Kier molecular flexibility index (Phi) is 9.88. The second kappa shape index (κ2) is 14.2. The molecule has 0 radical (unpaired) electrons. The minimum atomic E-state index is -1.19. The van der Waals surface area contributed by atoms with Crippen LogP contribution in [-0.2, 0) is 14.4 Å². The Balaban J connectivity index is 1.31. The van der Waals surface area contributed by atoms with Gasteiger partial charge in [0.15, 0.2) is 12.3 Å². The Labute approximate surface area is 264 Å². The first-order valence-corrected chi connectivity index (χ1v) is 15.0. The number of carboxylic acid groups (broad SMARTS) is 2. The number of piperazine rings is 1. The molecule has 2 fully saturated rings. The number of likely N-dealkylation sites (tertiary alicyclic amines) is 1. The number of para-hydroxylation sites is 1. The summed E-state index contributed by atoms with van der Waals surface area (Å²) in [6.07, 6.45) is -0.0657. The van der Waals surface area contributed by atoms with Crippen molar-refractivity contribution in [2.45, 2.75) is 44.7 Å². The molecule has 2 atom stereocenters. The van der Waals surface area contributed by atoms with Gasteiger partial charge in [-0.1, -0.05) is 18.2 Å². The second-order valence-electron chi connectivity index (χ2n) is 11.2. The molecule has 244 valence electrons. The topological polar surface area (TPSA) is 188 Å². The minimum absolute atomic E-state index is 0.0981. The molecule has 15 nitrogen and oxygen atoms in total. The molecule has 2 aliphatic rings. The van der Waals surface area contributed by atoms with Crippen molar-refractivity contribution in [3.05, 3.63) is 65.7 Å².